The van der Waals surface area contributed by atoms with Crippen LogP contribution in [0.15, 0.2) is 53.6 Å². The van der Waals surface area contributed by atoms with Crippen LogP contribution in [-0.4, -0.2) is 11.1 Å². The van der Waals surface area contributed by atoms with Gasteiger partial charge in [0, 0.05) is 22.4 Å². The van der Waals surface area contributed by atoms with Crippen LogP contribution in [0.4, 0.5) is 0 Å². The second-order valence-corrected chi connectivity index (χ2v) is 6.18. The molecule has 0 aromatic heterocycles. The molecule has 5 nitrogen and oxygen atoms in total. The molecule has 0 amide bonds. The van der Waals surface area contributed by atoms with E-state index in [9.17, 15) is 4.79 Å². The molecule has 0 bridgehead atoms. The summed E-state index contributed by atoms with van der Waals surface area (Å²) in [6.45, 7) is 0. The third kappa shape index (κ3) is 4.90. The van der Waals surface area contributed by atoms with Gasteiger partial charge >= 0.3 is 5.97 Å². The van der Waals surface area contributed by atoms with Crippen molar-refractivity contribution >= 4 is 29.2 Å². The summed E-state index contributed by atoms with van der Waals surface area (Å²) < 4.78 is 0. The van der Waals surface area contributed by atoms with Crippen LogP contribution < -0.4 is 4.91 Å². The van der Waals surface area contributed by atoms with E-state index < -0.39 is 12.0 Å². The van der Waals surface area contributed by atoms with Crippen LogP contribution in [0.5, 0.6) is 0 Å². The average Bonchev–Trinajstić information content (AvgIpc) is 2.55. The number of rotatable bonds is 7. The lowest BCUT2D eigenvalue weighted by molar-refractivity contribution is -0.137. The highest BCUT2D eigenvalue weighted by Crippen LogP contribution is 2.38. The molecule has 0 radical (unpaired) electrons. The van der Waals surface area contributed by atoms with Gasteiger partial charge in [0.25, 0.3) is 0 Å². The maximum atomic E-state index is 11.0. The van der Waals surface area contributed by atoms with Crippen molar-refractivity contribution in [2.24, 2.45) is 5.11 Å². The largest absolute Gasteiger partial charge is 0.481 e. The van der Waals surface area contributed by atoms with Crippen molar-refractivity contribution in [3.8, 4) is 0 Å². The minimum absolute atomic E-state index is 0.0191. The van der Waals surface area contributed by atoms with E-state index >= 15 is 0 Å². The Morgan fingerprint density at radius 2 is 1.83 bits per heavy atom. The van der Waals surface area contributed by atoms with Crippen LogP contribution in [0.2, 0.25) is 10.0 Å². The molecule has 7 heteroatoms. The Balaban J connectivity index is 2.45. The van der Waals surface area contributed by atoms with Gasteiger partial charge in [-0.2, -0.15) is 0 Å². The Bertz CT molecular complexity index is 759. The van der Waals surface area contributed by atoms with Gasteiger partial charge in [-0.3, -0.25) is 4.79 Å². The zero-order chi connectivity index (χ0) is 17.5. The summed E-state index contributed by atoms with van der Waals surface area (Å²) >= 11 is 12.0. The van der Waals surface area contributed by atoms with Gasteiger partial charge in [0.2, 0.25) is 4.91 Å². The van der Waals surface area contributed by atoms with Gasteiger partial charge in [0.05, 0.1) is 0 Å². The third-order valence-electron chi connectivity index (χ3n) is 3.72. The van der Waals surface area contributed by atoms with Crippen molar-refractivity contribution in [1.82, 2.24) is 4.91 Å². The van der Waals surface area contributed by atoms with E-state index in [1.165, 1.54) is 0 Å². The molecule has 24 heavy (non-hydrogen) atoms. The molecule has 0 aliphatic heterocycles. The number of carbonyl (C=O) groups is 1. The van der Waals surface area contributed by atoms with E-state index in [2.05, 4.69) is 10.0 Å². The highest BCUT2D eigenvalue weighted by Gasteiger charge is 2.29. The number of hydrogen-bond donors (Lipinski definition) is 2. The molecule has 124 valence electrons. The average molecular weight is 365 g/mol. The van der Waals surface area contributed by atoms with Crippen molar-refractivity contribution in [3.05, 3.63) is 69.7 Å². The molecule has 2 unspecified atom stereocenters. The molecule has 0 fully saturated rings. The standard InChI is InChI=1S/C17H15Cl2N3O2/c18-13-6-4-11(5-7-13)17(21-22-20)15(8-9-16(23)24)12-2-1-3-14(19)10-12/h1-7,10,15,17,20H,8-9H2/p+1. The highest BCUT2D eigenvalue weighted by molar-refractivity contribution is 6.30. The van der Waals surface area contributed by atoms with E-state index in [-0.39, 0.29) is 12.3 Å². The smallest absolute Gasteiger partial charge is 0.303 e. The maximum Gasteiger partial charge on any atom is 0.303 e. The van der Waals surface area contributed by atoms with E-state index in [1.807, 2.05) is 12.1 Å². The normalized spacial score (nSPS) is 12.9. The Labute approximate surface area is 149 Å². The summed E-state index contributed by atoms with van der Waals surface area (Å²) in [6, 6.07) is 13.8. The van der Waals surface area contributed by atoms with E-state index in [0.29, 0.717) is 16.5 Å². The van der Waals surface area contributed by atoms with E-state index in [4.69, 9.17) is 33.8 Å². The number of aliphatic carboxylic acids is 1. The summed E-state index contributed by atoms with van der Waals surface area (Å²) in [6.07, 6.45) is 0.330. The van der Waals surface area contributed by atoms with Crippen LogP contribution in [0.25, 0.3) is 0 Å². The van der Waals surface area contributed by atoms with E-state index in [1.54, 1.807) is 36.4 Å². The van der Waals surface area contributed by atoms with Crippen LogP contribution in [-0.2, 0) is 4.79 Å². The van der Waals surface area contributed by atoms with Crippen LogP contribution >= 0.6 is 23.2 Å². The summed E-state index contributed by atoms with van der Waals surface area (Å²) in [4.78, 5) is 14.2. The first-order valence-corrected chi connectivity index (χ1v) is 8.06. The second kappa shape index (κ2) is 8.60. The predicted octanol–water partition coefficient (Wildman–Crippen LogP) is 5.23. The highest BCUT2D eigenvalue weighted by atomic mass is 35.5. The van der Waals surface area contributed by atoms with Crippen LogP contribution in [0, 0.1) is 5.53 Å². The molecule has 2 aromatic rings. The molecule has 2 rings (SSSR count). The Morgan fingerprint density at radius 1 is 1.12 bits per heavy atom. The molecule has 0 heterocycles. The number of carboxylic acid groups (broad SMARTS) is 1. The number of nitrogens with zero attached hydrogens (tertiary/aromatic N) is 2. The van der Waals surface area contributed by atoms with E-state index in [0.717, 1.165) is 11.1 Å². The zero-order valence-electron chi connectivity index (χ0n) is 12.7. The first kappa shape index (κ1) is 18.1. The lowest BCUT2D eigenvalue weighted by Gasteiger charge is -2.20. The van der Waals surface area contributed by atoms with Crippen molar-refractivity contribution in [2.45, 2.75) is 24.8 Å². The van der Waals surface area contributed by atoms with Gasteiger partial charge in [-0.25, -0.2) is 0 Å². The lowest BCUT2D eigenvalue weighted by atomic mass is 9.84. The van der Waals surface area contributed by atoms with Crippen LogP contribution in [0.1, 0.15) is 35.9 Å². The molecule has 0 aliphatic rings. The summed E-state index contributed by atoms with van der Waals surface area (Å²) in [5, 5.41) is 14.2. The Hall–Kier alpha value is -2.20. The Kier molecular flexibility index (Phi) is 6.50. The molecule has 0 saturated carbocycles. The third-order valence-corrected chi connectivity index (χ3v) is 4.21. The van der Waals surface area contributed by atoms with Gasteiger partial charge < -0.3 is 5.11 Å². The minimum atomic E-state index is -0.889. The molecule has 2 atom stereocenters. The Morgan fingerprint density at radius 3 is 2.42 bits per heavy atom. The summed E-state index contributed by atoms with van der Waals surface area (Å²) in [7, 11) is 0. The number of halogens is 2. The molecule has 0 saturated heterocycles. The van der Waals surface area contributed by atoms with Crippen LogP contribution in [0.3, 0.4) is 0 Å². The fourth-order valence-corrected chi connectivity index (χ4v) is 2.95. The molecule has 2 aromatic carbocycles. The van der Waals surface area contributed by atoms with Crippen molar-refractivity contribution < 1.29 is 9.90 Å². The summed E-state index contributed by atoms with van der Waals surface area (Å²) in [5.74, 6) is -1.16. The number of hydrogen-bond acceptors (Lipinski definition) is 3. The topological polar surface area (TPSA) is 87.6 Å². The molecular weight excluding hydrogens is 349 g/mol. The predicted molar refractivity (Wildman–Crippen MR) is 92.5 cm³/mol. The van der Waals surface area contributed by atoms with Gasteiger partial charge in [-0.05, 0) is 41.8 Å². The number of benzene rings is 2. The monoisotopic (exact) mass is 364 g/mol. The second-order valence-electron chi connectivity index (χ2n) is 5.31. The number of nitrogens with one attached hydrogen (secondary N) is 1. The fraction of sp³-hybridized carbons (Fsp3) is 0.235. The zero-order valence-corrected chi connectivity index (χ0v) is 14.2. The summed E-state index contributed by atoms with van der Waals surface area (Å²) in [5.41, 5.74) is 8.80. The van der Waals surface area contributed by atoms with Gasteiger partial charge in [0.15, 0.2) is 6.04 Å². The molecule has 0 aliphatic carbocycles. The SMILES string of the molecule is N=[N+]=NC(c1ccc(Cl)cc1)C(CCC(=O)O)c1cccc(Cl)c1. The van der Waals surface area contributed by atoms with Gasteiger partial charge in [0.1, 0.15) is 10.6 Å². The van der Waals surface area contributed by atoms with Crippen molar-refractivity contribution in [3.63, 3.8) is 0 Å². The molecular formula is C17H16Cl2N3O2+. The quantitative estimate of drug-likeness (QED) is 0.520. The lowest BCUT2D eigenvalue weighted by Crippen LogP contribution is -2.12. The molecule has 2 N–H and O–H groups in total. The number of carboxylic acids is 1. The van der Waals surface area contributed by atoms with Crippen molar-refractivity contribution in [1.29, 1.82) is 5.53 Å². The van der Waals surface area contributed by atoms with Crippen molar-refractivity contribution in [2.75, 3.05) is 0 Å². The first-order chi connectivity index (χ1) is 11.5. The molecule has 0 spiro atoms. The van der Waals surface area contributed by atoms with Gasteiger partial charge in [-0.1, -0.05) is 47.5 Å². The first-order valence-electron chi connectivity index (χ1n) is 7.30. The fourth-order valence-electron chi connectivity index (χ4n) is 2.62. The maximum absolute atomic E-state index is 11.0. The van der Waals surface area contributed by atoms with Gasteiger partial charge in [-0.15, -0.1) is 0 Å². The minimum Gasteiger partial charge on any atom is -0.481 e.